The minimum Gasteiger partial charge on any atom is -0.308 e. The first-order valence-electron chi connectivity index (χ1n) is 8.04. The number of hydrogen-bond donors (Lipinski definition) is 0. The Morgan fingerprint density at radius 2 is 1.81 bits per heavy atom. The molecule has 3 rings (SSSR count). The van der Waals surface area contributed by atoms with E-state index in [1.165, 1.54) is 9.13 Å². The summed E-state index contributed by atoms with van der Waals surface area (Å²) < 4.78 is 4.94. The maximum Gasteiger partial charge on any atom is 0.332 e. The van der Waals surface area contributed by atoms with Crippen molar-refractivity contribution in [2.45, 2.75) is 13.1 Å². The minimum absolute atomic E-state index is 0.318. The van der Waals surface area contributed by atoms with E-state index >= 15 is 0 Å². The van der Waals surface area contributed by atoms with E-state index in [4.69, 9.17) is 11.6 Å². The van der Waals surface area contributed by atoms with Crippen LogP contribution in [0.1, 0.15) is 5.56 Å². The van der Waals surface area contributed by atoms with E-state index in [0.29, 0.717) is 40.6 Å². The van der Waals surface area contributed by atoms with Gasteiger partial charge >= 0.3 is 5.69 Å². The predicted molar refractivity (Wildman–Crippen MR) is 106 cm³/mol. The number of likely N-dealkylation sites (N-methyl/N-ethyl adjacent to an activating group) is 1. The van der Waals surface area contributed by atoms with E-state index in [9.17, 15) is 9.59 Å². The van der Waals surface area contributed by atoms with Gasteiger partial charge in [-0.2, -0.15) is 0 Å². The van der Waals surface area contributed by atoms with Crippen LogP contribution in [0, 0.1) is 0 Å². The molecule has 0 amide bonds. The largest absolute Gasteiger partial charge is 0.332 e. The Bertz CT molecular complexity index is 1070. The molecule has 0 saturated heterocycles. The fourth-order valence-electron chi connectivity index (χ4n) is 2.76. The number of fused-ring (bicyclic) bond motifs is 1. The molecule has 0 aliphatic rings. The molecule has 2 aromatic heterocycles. The van der Waals surface area contributed by atoms with E-state index in [1.807, 2.05) is 31.1 Å². The maximum atomic E-state index is 13.0. The third-order valence-electron chi connectivity index (χ3n) is 4.21. The van der Waals surface area contributed by atoms with Crippen LogP contribution < -0.4 is 11.2 Å². The first-order chi connectivity index (χ1) is 12.3. The molecule has 0 atom stereocenters. The molecule has 0 spiro atoms. The summed E-state index contributed by atoms with van der Waals surface area (Å²) in [6.45, 7) is 1.35. The van der Waals surface area contributed by atoms with Crippen molar-refractivity contribution in [2.75, 3.05) is 20.6 Å². The monoisotopic (exact) mass is 439 g/mol. The van der Waals surface area contributed by atoms with E-state index in [-0.39, 0.29) is 11.2 Å². The van der Waals surface area contributed by atoms with Gasteiger partial charge in [0.15, 0.2) is 15.9 Å². The smallest absolute Gasteiger partial charge is 0.308 e. The lowest BCUT2D eigenvalue weighted by Crippen LogP contribution is -2.41. The van der Waals surface area contributed by atoms with Gasteiger partial charge in [-0.05, 0) is 47.7 Å². The van der Waals surface area contributed by atoms with Crippen molar-refractivity contribution in [1.29, 1.82) is 0 Å². The standard InChI is InChI=1S/C17H19BrClN5O2/c1-21(2)8-9-23-15(25)13-14(22(3)17(23)26)20-16(18)24(13)10-11-4-6-12(19)7-5-11/h4-7H,8-10H2,1-3H3. The van der Waals surface area contributed by atoms with E-state index in [0.717, 1.165) is 5.56 Å². The van der Waals surface area contributed by atoms with Crippen molar-refractivity contribution < 1.29 is 0 Å². The zero-order chi connectivity index (χ0) is 19.0. The maximum absolute atomic E-state index is 13.0. The zero-order valence-electron chi connectivity index (χ0n) is 14.7. The Morgan fingerprint density at radius 3 is 2.42 bits per heavy atom. The molecule has 138 valence electrons. The van der Waals surface area contributed by atoms with Crippen LogP contribution >= 0.6 is 27.5 Å². The Labute approximate surface area is 163 Å². The molecular weight excluding hydrogens is 422 g/mol. The molecule has 0 bridgehead atoms. The summed E-state index contributed by atoms with van der Waals surface area (Å²) in [6, 6.07) is 7.39. The van der Waals surface area contributed by atoms with Crippen molar-refractivity contribution in [2.24, 2.45) is 7.05 Å². The van der Waals surface area contributed by atoms with Gasteiger partial charge in [-0.3, -0.25) is 13.9 Å². The molecular formula is C17H19BrClN5O2. The molecule has 26 heavy (non-hydrogen) atoms. The zero-order valence-corrected chi connectivity index (χ0v) is 17.1. The van der Waals surface area contributed by atoms with Gasteiger partial charge in [0.25, 0.3) is 5.56 Å². The summed E-state index contributed by atoms with van der Waals surface area (Å²) in [5.74, 6) is 0. The lowest BCUT2D eigenvalue weighted by atomic mass is 10.2. The molecule has 0 aliphatic heterocycles. The molecule has 2 heterocycles. The summed E-state index contributed by atoms with van der Waals surface area (Å²) in [5.41, 5.74) is 1.03. The second-order valence-electron chi connectivity index (χ2n) is 6.37. The first kappa shape index (κ1) is 18.9. The van der Waals surface area contributed by atoms with Gasteiger partial charge in [0.05, 0.1) is 6.54 Å². The van der Waals surface area contributed by atoms with Crippen LogP contribution in [0.25, 0.3) is 11.2 Å². The van der Waals surface area contributed by atoms with Crippen LogP contribution in [0.3, 0.4) is 0 Å². The Balaban J connectivity index is 2.17. The van der Waals surface area contributed by atoms with Gasteiger partial charge in [0, 0.05) is 25.2 Å². The molecule has 0 fully saturated rings. The van der Waals surface area contributed by atoms with E-state index < -0.39 is 0 Å². The van der Waals surface area contributed by atoms with Crippen LogP contribution in [0.15, 0.2) is 38.6 Å². The molecule has 0 saturated carbocycles. The second-order valence-corrected chi connectivity index (χ2v) is 7.51. The number of imidazole rings is 1. The van der Waals surface area contributed by atoms with Crippen LogP contribution in [0.5, 0.6) is 0 Å². The van der Waals surface area contributed by atoms with Gasteiger partial charge in [0.1, 0.15) is 0 Å². The first-order valence-corrected chi connectivity index (χ1v) is 9.21. The van der Waals surface area contributed by atoms with Crippen molar-refractivity contribution in [3.8, 4) is 0 Å². The van der Waals surface area contributed by atoms with Crippen molar-refractivity contribution in [3.63, 3.8) is 0 Å². The number of rotatable bonds is 5. The third kappa shape index (κ3) is 3.49. The molecule has 9 heteroatoms. The predicted octanol–water partition coefficient (Wildman–Crippen LogP) is 1.92. The van der Waals surface area contributed by atoms with Gasteiger partial charge < -0.3 is 9.47 Å². The number of benzene rings is 1. The third-order valence-corrected chi connectivity index (χ3v) is 5.07. The van der Waals surface area contributed by atoms with Crippen LogP contribution in [0.2, 0.25) is 5.02 Å². The highest BCUT2D eigenvalue weighted by atomic mass is 79.9. The molecule has 3 aromatic rings. The average Bonchev–Trinajstić information content (AvgIpc) is 2.91. The summed E-state index contributed by atoms with van der Waals surface area (Å²) in [6.07, 6.45) is 0. The number of aromatic nitrogens is 4. The van der Waals surface area contributed by atoms with Crippen LogP contribution in [-0.2, 0) is 20.1 Å². The van der Waals surface area contributed by atoms with Crippen molar-refractivity contribution >= 4 is 38.7 Å². The molecule has 7 nitrogen and oxygen atoms in total. The highest BCUT2D eigenvalue weighted by molar-refractivity contribution is 9.10. The topological polar surface area (TPSA) is 65.1 Å². The van der Waals surface area contributed by atoms with Gasteiger partial charge in [-0.15, -0.1) is 0 Å². The lowest BCUT2D eigenvalue weighted by Gasteiger charge is -2.13. The summed E-state index contributed by atoms with van der Waals surface area (Å²) in [7, 11) is 5.42. The van der Waals surface area contributed by atoms with Gasteiger partial charge in [0.2, 0.25) is 0 Å². The Hall–Kier alpha value is -1.90. The van der Waals surface area contributed by atoms with Crippen molar-refractivity contribution in [3.05, 3.63) is 60.4 Å². The number of nitrogens with zero attached hydrogens (tertiary/aromatic N) is 5. The van der Waals surface area contributed by atoms with Crippen LogP contribution in [0.4, 0.5) is 0 Å². The molecule has 0 unspecified atom stereocenters. The van der Waals surface area contributed by atoms with Crippen molar-refractivity contribution in [1.82, 2.24) is 23.6 Å². The number of hydrogen-bond acceptors (Lipinski definition) is 4. The summed E-state index contributed by atoms with van der Waals surface area (Å²) in [5, 5.41) is 0.650. The van der Waals surface area contributed by atoms with Crippen LogP contribution in [-0.4, -0.2) is 44.2 Å². The molecule has 0 N–H and O–H groups in total. The van der Waals surface area contributed by atoms with E-state index in [2.05, 4.69) is 20.9 Å². The fourth-order valence-corrected chi connectivity index (χ4v) is 3.36. The second kappa shape index (κ2) is 7.38. The Kier molecular flexibility index (Phi) is 5.36. The van der Waals surface area contributed by atoms with Gasteiger partial charge in [-0.1, -0.05) is 23.7 Å². The highest BCUT2D eigenvalue weighted by Gasteiger charge is 2.19. The lowest BCUT2D eigenvalue weighted by molar-refractivity contribution is 0.375. The summed E-state index contributed by atoms with van der Waals surface area (Å²) >= 11 is 9.36. The number of aryl methyl sites for hydroxylation is 1. The normalized spacial score (nSPS) is 11.6. The quantitative estimate of drug-likeness (QED) is 0.569. The van der Waals surface area contributed by atoms with Gasteiger partial charge in [-0.25, -0.2) is 9.78 Å². The Morgan fingerprint density at radius 1 is 1.15 bits per heavy atom. The SMILES string of the molecule is CN(C)CCn1c(=O)c2c(nc(Br)n2Cc2ccc(Cl)cc2)n(C)c1=O. The minimum atomic E-state index is -0.368. The molecule has 0 aliphatic carbocycles. The van der Waals surface area contributed by atoms with E-state index in [1.54, 1.807) is 23.7 Å². The summed E-state index contributed by atoms with van der Waals surface area (Å²) in [4.78, 5) is 31.9. The molecule has 0 radical (unpaired) electrons. The highest BCUT2D eigenvalue weighted by Crippen LogP contribution is 2.19. The average molecular weight is 441 g/mol. The fraction of sp³-hybridized carbons (Fsp3) is 0.353. The number of halogens is 2. The molecule has 1 aromatic carbocycles.